The minimum atomic E-state index is -4.40. The van der Waals surface area contributed by atoms with Gasteiger partial charge in [0.15, 0.2) is 0 Å². The molecule has 3 rings (SSSR count). The lowest BCUT2D eigenvalue weighted by molar-refractivity contribution is -0.139. The molecule has 1 unspecified atom stereocenters. The van der Waals surface area contributed by atoms with Crippen molar-refractivity contribution in [2.24, 2.45) is 5.73 Å². The van der Waals surface area contributed by atoms with E-state index in [1.165, 1.54) is 12.1 Å². The zero-order valence-electron chi connectivity index (χ0n) is 17.5. The van der Waals surface area contributed by atoms with Crippen molar-refractivity contribution < 1.29 is 23.1 Å². The van der Waals surface area contributed by atoms with E-state index >= 15 is 0 Å². The van der Waals surface area contributed by atoms with Crippen LogP contribution < -0.4 is 10.5 Å². The SMILES string of the molecule is COc1ccc(-c2ccc(S(=O)(=O)C(N)(CC#CCc3ccccc3)C(=O)O)cc2)cc1. The molecule has 0 saturated carbocycles. The summed E-state index contributed by atoms with van der Waals surface area (Å²) < 4.78 is 31.3. The summed E-state index contributed by atoms with van der Waals surface area (Å²) in [5, 5.41) is 9.64. The first-order valence-electron chi connectivity index (χ1n) is 9.79. The van der Waals surface area contributed by atoms with Crippen LogP contribution in [0.3, 0.4) is 0 Å². The van der Waals surface area contributed by atoms with Gasteiger partial charge in [0.2, 0.25) is 14.7 Å². The van der Waals surface area contributed by atoms with E-state index in [0.717, 1.165) is 16.7 Å². The van der Waals surface area contributed by atoms with Crippen LogP contribution >= 0.6 is 0 Å². The van der Waals surface area contributed by atoms with Crippen molar-refractivity contribution in [3.05, 3.63) is 84.4 Å². The van der Waals surface area contributed by atoms with Crippen LogP contribution in [0.1, 0.15) is 12.0 Å². The molecule has 3 aromatic rings. The van der Waals surface area contributed by atoms with Crippen LogP contribution in [0, 0.1) is 11.8 Å². The molecule has 3 N–H and O–H groups in total. The lowest BCUT2D eigenvalue weighted by atomic mass is 10.1. The van der Waals surface area contributed by atoms with E-state index in [2.05, 4.69) is 11.8 Å². The van der Waals surface area contributed by atoms with Crippen LogP contribution in [0.5, 0.6) is 5.75 Å². The molecule has 0 aliphatic carbocycles. The number of rotatable bonds is 7. The third-order valence-corrected chi connectivity index (χ3v) is 7.21. The third kappa shape index (κ3) is 4.83. The summed E-state index contributed by atoms with van der Waals surface area (Å²) in [4.78, 5) is 9.14. The number of sulfone groups is 1. The van der Waals surface area contributed by atoms with E-state index in [1.807, 2.05) is 42.5 Å². The summed E-state index contributed by atoms with van der Waals surface area (Å²) in [6.45, 7) is 0. The number of ether oxygens (including phenoxy) is 1. The second kappa shape index (κ2) is 9.69. The van der Waals surface area contributed by atoms with E-state index in [-0.39, 0.29) is 4.90 Å². The average molecular weight is 450 g/mol. The van der Waals surface area contributed by atoms with Crippen molar-refractivity contribution in [1.82, 2.24) is 0 Å². The molecule has 0 saturated heterocycles. The number of hydrogen-bond acceptors (Lipinski definition) is 5. The third-order valence-electron chi connectivity index (χ3n) is 5.04. The van der Waals surface area contributed by atoms with Gasteiger partial charge in [0.1, 0.15) is 5.75 Å². The minimum absolute atomic E-state index is 0.176. The Morgan fingerprint density at radius 3 is 2.03 bits per heavy atom. The fraction of sp³-hybridized carbons (Fsp3) is 0.160. The van der Waals surface area contributed by atoms with Gasteiger partial charge < -0.3 is 15.6 Å². The van der Waals surface area contributed by atoms with E-state index in [0.29, 0.717) is 12.2 Å². The molecule has 1 atom stereocenters. The summed E-state index contributed by atoms with van der Waals surface area (Å²) in [6, 6.07) is 22.6. The van der Waals surface area contributed by atoms with Crippen LogP contribution in [-0.2, 0) is 21.1 Å². The molecule has 0 heterocycles. The van der Waals surface area contributed by atoms with Gasteiger partial charge in [0.05, 0.1) is 18.4 Å². The van der Waals surface area contributed by atoms with E-state index < -0.39 is 27.1 Å². The molecule has 0 aromatic heterocycles. The van der Waals surface area contributed by atoms with Gasteiger partial charge in [-0.1, -0.05) is 66.4 Å². The molecule has 164 valence electrons. The molecule has 6 nitrogen and oxygen atoms in total. The fourth-order valence-corrected chi connectivity index (χ4v) is 4.47. The first-order valence-corrected chi connectivity index (χ1v) is 11.3. The predicted molar refractivity (Wildman–Crippen MR) is 123 cm³/mol. The van der Waals surface area contributed by atoms with Crippen LogP contribution in [-0.4, -0.2) is 31.5 Å². The van der Waals surface area contributed by atoms with Crippen LogP contribution in [0.15, 0.2) is 83.8 Å². The predicted octanol–water partition coefficient (Wildman–Crippen LogP) is 3.51. The van der Waals surface area contributed by atoms with E-state index in [1.54, 1.807) is 31.4 Å². The number of benzene rings is 3. The van der Waals surface area contributed by atoms with Crippen LogP contribution in [0.4, 0.5) is 0 Å². The molecule has 32 heavy (non-hydrogen) atoms. The zero-order valence-corrected chi connectivity index (χ0v) is 18.3. The molecule has 3 aromatic carbocycles. The maximum atomic E-state index is 13.1. The highest BCUT2D eigenvalue weighted by Gasteiger charge is 2.48. The molecule has 0 amide bonds. The monoisotopic (exact) mass is 449 g/mol. The van der Waals surface area contributed by atoms with Gasteiger partial charge in [-0.05, 0) is 41.0 Å². The molecular weight excluding hydrogens is 426 g/mol. The van der Waals surface area contributed by atoms with Crippen molar-refractivity contribution >= 4 is 15.8 Å². The van der Waals surface area contributed by atoms with Gasteiger partial charge in [-0.15, -0.1) is 0 Å². The van der Waals surface area contributed by atoms with Gasteiger partial charge >= 0.3 is 5.97 Å². The number of methoxy groups -OCH3 is 1. The van der Waals surface area contributed by atoms with Crippen LogP contribution in [0.2, 0.25) is 0 Å². The molecule has 0 bridgehead atoms. The number of aliphatic carboxylic acids is 1. The quantitative estimate of drug-likeness (QED) is 0.535. The summed E-state index contributed by atoms with van der Waals surface area (Å²) in [5.74, 6) is 4.50. The Balaban J connectivity index is 1.83. The minimum Gasteiger partial charge on any atom is -0.497 e. The first kappa shape index (κ1) is 23.1. The fourth-order valence-electron chi connectivity index (χ4n) is 3.06. The Morgan fingerprint density at radius 2 is 1.50 bits per heavy atom. The van der Waals surface area contributed by atoms with E-state index in [4.69, 9.17) is 10.5 Å². The topological polar surface area (TPSA) is 107 Å². The van der Waals surface area contributed by atoms with Crippen molar-refractivity contribution in [2.45, 2.75) is 22.6 Å². The molecule has 0 aliphatic rings. The Morgan fingerprint density at radius 1 is 0.938 bits per heavy atom. The average Bonchev–Trinajstić information content (AvgIpc) is 2.82. The van der Waals surface area contributed by atoms with Crippen molar-refractivity contribution in [3.8, 4) is 28.7 Å². The van der Waals surface area contributed by atoms with Gasteiger partial charge in [0, 0.05) is 6.42 Å². The van der Waals surface area contributed by atoms with Gasteiger partial charge in [0.25, 0.3) is 0 Å². The number of carboxylic acid groups (broad SMARTS) is 1. The van der Waals surface area contributed by atoms with Crippen molar-refractivity contribution in [3.63, 3.8) is 0 Å². The molecule has 7 heteroatoms. The highest BCUT2D eigenvalue weighted by molar-refractivity contribution is 7.93. The first-order chi connectivity index (χ1) is 15.3. The van der Waals surface area contributed by atoms with E-state index in [9.17, 15) is 18.3 Å². The lowest BCUT2D eigenvalue weighted by Crippen LogP contribution is -2.54. The standard InChI is InChI=1S/C25H23NO5S/c1-31-22-14-10-20(11-15-22)21-12-16-23(17-13-21)32(29,30)25(26,24(27)28)18-6-5-9-19-7-3-2-4-8-19/h2-4,7-8,10-17H,9,18,26H2,1H3,(H,27,28). The Kier molecular flexibility index (Phi) is 6.98. The Bertz CT molecular complexity index is 1240. The maximum absolute atomic E-state index is 13.1. The number of carboxylic acids is 1. The zero-order chi connectivity index (χ0) is 23.2. The molecule has 0 spiro atoms. The highest BCUT2D eigenvalue weighted by Crippen LogP contribution is 2.28. The molecular formula is C25H23NO5S. The molecule has 0 radical (unpaired) electrons. The summed E-state index contributed by atoms with van der Waals surface area (Å²) >= 11 is 0. The smallest absolute Gasteiger partial charge is 0.340 e. The number of carbonyl (C=O) groups is 1. The van der Waals surface area contributed by atoms with Gasteiger partial charge in [-0.2, -0.15) is 0 Å². The second-order valence-corrected chi connectivity index (χ2v) is 9.35. The number of hydrogen-bond donors (Lipinski definition) is 2. The second-order valence-electron chi connectivity index (χ2n) is 7.14. The largest absolute Gasteiger partial charge is 0.497 e. The highest BCUT2D eigenvalue weighted by atomic mass is 32.2. The number of nitrogens with two attached hydrogens (primary N) is 1. The van der Waals surface area contributed by atoms with Crippen molar-refractivity contribution in [1.29, 1.82) is 0 Å². The molecule has 0 aliphatic heterocycles. The van der Waals surface area contributed by atoms with Crippen molar-refractivity contribution in [2.75, 3.05) is 7.11 Å². The lowest BCUT2D eigenvalue weighted by Gasteiger charge is -2.22. The Hall–Kier alpha value is -3.60. The summed E-state index contributed by atoms with van der Waals surface area (Å²) in [6.07, 6.45) is -0.162. The van der Waals surface area contributed by atoms with Gasteiger partial charge in [-0.25, -0.2) is 13.2 Å². The summed E-state index contributed by atoms with van der Waals surface area (Å²) in [7, 11) is -2.83. The summed E-state index contributed by atoms with van der Waals surface area (Å²) in [5.41, 5.74) is 8.48. The van der Waals surface area contributed by atoms with Crippen LogP contribution in [0.25, 0.3) is 11.1 Å². The van der Waals surface area contributed by atoms with Gasteiger partial charge in [-0.3, -0.25) is 0 Å². The normalized spacial score (nSPS) is 12.8. The Labute approximate surface area is 187 Å². The molecule has 0 fully saturated rings. The maximum Gasteiger partial charge on any atom is 0.340 e.